The highest BCUT2D eigenvalue weighted by molar-refractivity contribution is 7.85. The Morgan fingerprint density at radius 2 is 2.00 bits per heavy atom. The Bertz CT molecular complexity index is 1770. The summed E-state index contributed by atoms with van der Waals surface area (Å²) in [4.78, 5) is 25.2. The fraction of sp³-hybridized carbons (Fsp3) is 0.344. The molecule has 3 heterocycles. The molecule has 6 rings (SSSR count). The summed E-state index contributed by atoms with van der Waals surface area (Å²) in [6, 6.07) is 16.7. The Morgan fingerprint density at radius 3 is 2.78 bits per heavy atom. The molecule has 13 heteroatoms. The number of nitrogens with zero attached hydrogens (tertiary/aromatic N) is 1. The third kappa shape index (κ3) is 6.84. The minimum absolute atomic E-state index is 0.0839. The van der Waals surface area contributed by atoms with Crippen LogP contribution in [0.5, 0.6) is 11.5 Å². The second kappa shape index (κ2) is 12.6. The average Bonchev–Trinajstić information content (AvgIpc) is 3.64. The molecule has 4 atom stereocenters. The van der Waals surface area contributed by atoms with Gasteiger partial charge >= 0.3 is 5.92 Å². The van der Waals surface area contributed by atoms with Crippen molar-refractivity contribution in [3.8, 4) is 22.8 Å². The van der Waals surface area contributed by atoms with Gasteiger partial charge in [-0.1, -0.05) is 24.3 Å². The summed E-state index contributed by atoms with van der Waals surface area (Å²) < 4.78 is 56.7. The van der Waals surface area contributed by atoms with E-state index in [2.05, 4.69) is 20.8 Å². The van der Waals surface area contributed by atoms with E-state index in [1.165, 1.54) is 0 Å². The zero-order valence-electron chi connectivity index (χ0n) is 24.6. The third-order valence-corrected chi connectivity index (χ3v) is 9.26. The summed E-state index contributed by atoms with van der Waals surface area (Å²) in [5.41, 5.74) is 3.88. The van der Waals surface area contributed by atoms with E-state index in [-0.39, 0.29) is 18.7 Å². The van der Waals surface area contributed by atoms with Gasteiger partial charge in [0.1, 0.15) is 23.3 Å². The van der Waals surface area contributed by atoms with Gasteiger partial charge in [-0.3, -0.25) is 18.9 Å². The van der Waals surface area contributed by atoms with Crippen molar-refractivity contribution in [1.82, 2.24) is 20.8 Å². The normalized spacial score (nSPS) is 19.3. The van der Waals surface area contributed by atoms with Gasteiger partial charge in [0.2, 0.25) is 0 Å². The van der Waals surface area contributed by atoms with E-state index in [4.69, 9.17) is 14.2 Å². The number of halogens is 2. The molecule has 0 aliphatic carbocycles. The largest absolute Gasteiger partial charge is 0.484 e. The number of rotatable bonds is 9. The molecular weight excluding hydrogens is 606 g/mol. The van der Waals surface area contributed by atoms with Crippen LogP contribution in [0.25, 0.3) is 22.2 Å². The molecule has 1 saturated heterocycles. The van der Waals surface area contributed by atoms with Crippen LogP contribution in [0.2, 0.25) is 0 Å². The Kier molecular flexibility index (Phi) is 8.56. The van der Waals surface area contributed by atoms with E-state index in [1.54, 1.807) is 55.5 Å². The monoisotopic (exact) mass is 638 g/mol. The molecule has 2 aliphatic heterocycles. The van der Waals surface area contributed by atoms with Crippen molar-refractivity contribution in [2.75, 3.05) is 18.3 Å². The van der Waals surface area contributed by atoms with E-state index in [9.17, 15) is 22.6 Å². The van der Waals surface area contributed by atoms with Crippen molar-refractivity contribution in [2.45, 2.75) is 51.0 Å². The number of hydrogen-bond donors (Lipinski definition) is 3. The number of aromatic nitrogens is 2. The van der Waals surface area contributed by atoms with Crippen molar-refractivity contribution in [3.05, 3.63) is 77.4 Å². The predicted molar refractivity (Wildman–Crippen MR) is 164 cm³/mol. The highest BCUT2D eigenvalue weighted by Crippen LogP contribution is 2.35. The Labute approximate surface area is 260 Å². The lowest BCUT2D eigenvalue weighted by Gasteiger charge is -2.28. The van der Waals surface area contributed by atoms with Crippen LogP contribution in [0.1, 0.15) is 47.9 Å². The van der Waals surface area contributed by atoms with Crippen LogP contribution in [0.15, 0.2) is 60.7 Å². The van der Waals surface area contributed by atoms with Crippen molar-refractivity contribution in [2.24, 2.45) is 0 Å². The van der Waals surface area contributed by atoms with Crippen LogP contribution < -0.4 is 20.1 Å². The third-order valence-electron chi connectivity index (χ3n) is 7.80. The molecule has 2 amide bonds. The molecule has 2 aliphatic rings. The fourth-order valence-electron chi connectivity index (χ4n) is 5.41. The van der Waals surface area contributed by atoms with E-state index < -0.39 is 34.8 Å². The summed E-state index contributed by atoms with van der Waals surface area (Å²) in [7, 11) is -0.906. The highest BCUT2D eigenvalue weighted by Gasteiger charge is 2.35. The maximum absolute atomic E-state index is 13.8. The second-order valence-electron chi connectivity index (χ2n) is 11.3. The molecule has 2 unspecified atom stereocenters. The average molecular weight is 639 g/mol. The number of nitrogens with one attached hydrogen (secondary N) is 3. The quantitative estimate of drug-likeness (QED) is 0.244. The molecule has 0 saturated carbocycles. The van der Waals surface area contributed by atoms with Crippen LogP contribution >= 0.6 is 0 Å². The van der Waals surface area contributed by atoms with Gasteiger partial charge in [-0.05, 0) is 55.3 Å². The number of fused-ring (bicyclic) bond motifs is 2. The summed E-state index contributed by atoms with van der Waals surface area (Å²) in [6.45, 7) is 2.60. The topological polar surface area (TPSA) is 132 Å². The van der Waals surface area contributed by atoms with Crippen molar-refractivity contribution >= 4 is 33.5 Å². The van der Waals surface area contributed by atoms with Gasteiger partial charge in [-0.25, -0.2) is 0 Å². The number of hydrogen-bond acceptors (Lipinski definition) is 7. The zero-order chi connectivity index (χ0) is 31.7. The molecule has 10 nitrogen and oxygen atoms in total. The lowest BCUT2D eigenvalue weighted by atomic mass is 10.00. The molecule has 0 bridgehead atoms. The number of carbonyl (C=O) groups excluding carboxylic acids is 2. The van der Waals surface area contributed by atoms with Gasteiger partial charge in [0.25, 0.3) is 11.8 Å². The van der Waals surface area contributed by atoms with E-state index in [0.717, 1.165) is 5.56 Å². The van der Waals surface area contributed by atoms with Gasteiger partial charge in [0.15, 0.2) is 6.79 Å². The van der Waals surface area contributed by atoms with Gasteiger partial charge in [-0.15, -0.1) is 0 Å². The number of H-pyrrole nitrogens is 1. The Hall–Kier alpha value is -4.36. The lowest BCUT2D eigenvalue weighted by Crippen LogP contribution is -2.46. The summed E-state index contributed by atoms with van der Waals surface area (Å²) in [5.74, 6) is -3.20. The minimum atomic E-state index is -3.57. The molecule has 1 aromatic heterocycles. The van der Waals surface area contributed by atoms with Crippen LogP contribution in [0, 0.1) is 0 Å². The summed E-state index contributed by atoms with van der Waals surface area (Å²) in [6.07, 6.45) is -0.181. The van der Waals surface area contributed by atoms with Crippen LogP contribution in [0.3, 0.4) is 0 Å². The van der Waals surface area contributed by atoms with Crippen molar-refractivity contribution in [3.63, 3.8) is 0 Å². The first-order valence-corrected chi connectivity index (χ1v) is 16.0. The zero-order valence-corrected chi connectivity index (χ0v) is 25.4. The molecule has 3 N–H and O–H groups in total. The first kappa shape index (κ1) is 30.7. The molecule has 0 radical (unpaired) electrons. The maximum atomic E-state index is 13.8. The van der Waals surface area contributed by atoms with Gasteiger partial charge < -0.3 is 24.8 Å². The number of ether oxygens (including phenoxy) is 3. The van der Waals surface area contributed by atoms with Crippen LogP contribution in [-0.2, 0) is 26.9 Å². The van der Waals surface area contributed by atoms with Crippen molar-refractivity contribution in [1.29, 1.82) is 0 Å². The predicted octanol–water partition coefficient (Wildman–Crippen LogP) is 4.63. The standard InChI is InChI=1S/C32H32F2N4O6S/c1-18(35-31(40)32(2,33)34)29(20-6-7-22-15-42-17-43-27(22)13-20)44-24-8-9-26-25(14-24)28(38-37-26)19-4-3-5-21(12-19)30(39)36-23-10-11-45(41)16-23/h3-9,12-14,18,23,29H,10-11,15-17H2,1-2H3,(H,35,40)(H,36,39)(H,37,38)/t18-,23?,29-,45?/m0/s1. The molecule has 4 aromatic rings. The summed E-state index contributed by atoms with van der Waals surface area (Å²) in [5, 5.41) is 13.5. The van der Waals surface area contributed by atoms with Gasteiger partial charge in [0, 0.05) is 57.3 Å². The van der Waals surface area contributed by atoms with Crippen molar-refractivity contribution < 1.29 is 36.8 Å². The van der Waals surface area contributed by atoms with Crippen LogP contribution in [0.4, 0.5) is 8.78 Å². The first-order valence-electron chi connectivity index (χ1n) is 14.5. The number of benzene rings is 3. The van der Waals surface area contributed by atoms with E-state index in [1.807, 2.05) is 12.1 Å². The molecule has 0 spiro atoms. The maximum Gasteiger partial charge on any atom is 0.321 e. The van der Waals surface area contributed by atoms with E-state index in [0.29, 0.717) is 76.2 Å². The number of carbonyl (C=O) groups is 2. The first-order chi connectivity index (χ1) is 21.5. The second-order valence-corrected chi connectivity index (χ2v) is 12.9. The number of amides is 2. The minimum Gasteiger partial charge on any atom is -0.484 e. The molecule has 45 heavy (non-hydrogen) atoms. The number of alkyl halides is 2. The Morgan fingerprint density at radius 1 is 1.16 bits per heavy atom. The van der Waals surface area contributed by atoms with Gasteiger partial charge in [0.05, 0.1) is 18.2 Å². The van der Waals surface area contributed by atoms with E-state index >= 15 is 0 Å². The highest BCUT2D eigenvalue weighted by atomic mass is 32.2. The molecule has 236 valence electrons. The number of aromatic amines is 1. The Balaban J connectivity index is 1.29. The molecular formula is C32H32F2N4O6S. The fourth-order valence-corrected chi connectivity index (χ4v) is 6.83. The lowest BCUT2D eigenvalue weighted by molar-refractivity contribution is -0.144. The summed E-state index contributed by atoms with van der Waals surface area (Å²) >= 11 is 0. The molecule has 1 fully saturated rings. The molecule has 3 aromatic carbocycles. The SMILES string of the molecule is C[C@H](NC(=O)C(C)(F)F)[C@H](Oc1ccc2[nH]nc(-c3cccc(C(=O)NC4CCS(=O)C4)c3)c2c1)c1ccc2c(c1)OCOC2. The smallest absolute Gasteiger partial charge is 0.321 e. The van der Waals surface area contributed by atoms with Crippen LogP contribution in [-0.4, -0.2) is 62.5 Å². The van der Waals surface area contributed by atoms with Gasteiger partial charge in [-0.2, -0.15) is 13.9 Å².